The fourth-order valence-corrected chi connectivity index (χ4v) is 4.36. The van der Waals surface area contributed by atoms with Crippen molar-refractivity contribution in [2.24, 2.45) is 0 Å². The first kappa shape index (κ1) is 27.7. The molecule has 0 amide bonds. The first-order valence-corrected chi connectivity index (χ1v) is 11.8. The summed E-state index contributed by atoms with van der Waals surface area (Å²) >= 11 is 1.01. The molecule has 37 heavy (non-hydrogen) atoms. The number of thiazole rings is 1. The summed E-state index contributed by atoms with van der Waals surface area (Å²) < 4.78 is 27.1. The van der Waals surface area contributed by atoms with Crippen LogP contribution in [0.3, 0.4) is 0 Å². The Kier molecular flexibility index (Phi) is 9.25. The van der Waals surface area contributed by atoms with Crippen LogP contribution in [0.25, 0.3) is 0 Å². The standard InChI is InChI=1S/C23H25N3O10S/c1-11(27)32-10-16-19(33-12(2)28)20(34-13(3)29)21(35-14(4)30)22(36-16)26-23-25-9-17(37-23)18(31)15-5-7-24-8-6-15/h5-9,16,19-22H,10H2,1-4H3,(H,25,26)/t16-,19-,20+,21+,22+/m1/s1. The molecule has 3 rings (SSSR count). The number of nitrogens with zero attached hydrogens (tertiary/aromatic N) is 2. The lowest BCUT2D eigenvalue weighted by atomic mass is 9.97. The van der Waals surface area contributed by atoms with Gasteiger partial charge in [0.2, 0.25) is 5.78 Å². The third kappa shape index (κ3) is 7.54. The lowest BCUT2D eigenvalue weighted by Gasteiger charge is -2.44. The predicted molar refractivity (Wildman–Crippen MR) is 125 cm³/mol. The molecule has 0 spiro atoms. The van der Waals surface area contributed by atoms with Gasteiger partial charge >= 0.3 is 23.9 Å². The molecule has 14 heteroatoms. The number of carbonyl (C=O) groups excluding carboxylic acids is 5. The van der Waals surface area contributed by atoms with Crippen LogP contribution >= 0.6 is 11.3 Å². The van der Waals surface area contributed by atoms with E-state index >= 15 is 0 Å². The maximum atomic E-state index is 12.7. The molecule has 0 saturated carbocycles. The number of nitrogens with one attached hydrogen (secondary N) is 1. The Morgan fingerprint density at radius 2 is 1.49 bits per heavy atom. The van der Waals surface area contributed by atoms with Gasteiger partial charge in [0.05, 0.1) is 11.1 Å². The van der Waals surface area contributed by atoms with E-state index in [9.17, 15) is 24.0 Å². The predicted octanol–water partition coefficient (Wildman–Crippen LogP) is 1.26. The van der Waals surface area contributed by atoms with Gasteiger partial charge in [0.1, 0.15) is 12.7 Å². The molecule has 0 bridgehead atoms. The second-order valence-corrected chi connectivity index (χ2v) is 8.89. The molecule has 0 aliphatic carbocycles. The highest BCUT2D eigenvalue weighted by molar-refractivity contribution is 7.17. The highest BCUT2D eigenvalue weighted by Gasteiger charge is 2.52. The molecule has 1 saturated heterocycles. The minimum atomic E-state index is -1.32. The molecule has 13 nitrogen and oxygen atoms in total. The molecule has 5 atom stereocenters. The van der Waals surface area contributed by atoms with Crippen molar-refractivity contribution in [3.63, 3.8) is 0 Å². The quantitative estimate of drug-likeness (QED) is 0.277. The van der Waals surface area contributed by atoms with Gasteiger partial charge in [-0.15, -0.1) is 0 Å². The summed E-state index contributed by atoms with van der Waals surface area (Å²) in [6.45, 7) is 4.23. The molecular formula is C23H25N3O10S. The number of ether oxygens (including phenoxy) is 5. The van der Waals surface area contributed by atoms with E-state index in [1.54, 1.807) is 12.1 Å². The smallest absolute Gasteiger partial charge is 0.303 e. The maximum absolute atomic E-state index is 12.7. The summed E-state index contributed by atoms with van der Waals surface area (Å²) in [4.78, 5) is 68.2. The first-order chi connectivity index (χ1) is 17.5. The van der Waals surface area contributed by atoms with Crippen molar-refractivity contribution in [3.05, 3.63) is 41.2 Å². The Balaban J connectivity index is 1.92. The summed E-state index contributed by atoms with van der Waals surface area (Å²) in [5.41, 5.74) is 0.414. The van der Waals surface area contributed by atoms with Crippen molar-refractivity contribution in [2.75, 3.05) is 11.9 Å². The van der Waals surface area contributed by atoms with Crippen LogP contribution < -0.4 is 5.32 Å². The lowest BCUT2D eigenvalue weighted by molar-refractivity contribution is -0.247. The van der Waals surface area contributed by atoms with Gasteiger partial charge in [-0.25, -0.2) is 4.98 Å². The van der Waals surface area contributed by atoms with Crippen LogP contribution in [0.4, 0.5) is 5.13 Å². The molecule has 198 valence electrons. The van der Waals surface area contributed by atoms with E-state index in [4.69, 9.17) is 23.7 Å². The summed E-state index contributed by atoms with van der Waals surface area (Å²) in [7, 11) is 0. The van der Waals surface area contributed by atoms with E-state index in [0.717, 1.165) is 32.1 Å². The van der Waals surface area contributed by atoms with Gasteiger partial charge in [-0.1, -0.05) is 11.3 Å². The van der Waals surface area contributed by atoms with Crippen LogP contribution in [0.15, 0.2) is 30.7 Å². The third-order valence-corrected chi connectivity index (χ3v) is 5.86. The van der Waals surface area contributed by atoms with Crippen LogP contribution in [0.2, 0.25) is 0 Å². The largest absolute Gasteiger partial charge is 0.463 e. The lowest BCUT2D eigenvalue weighted by Crippen LogP contribution is -2.64. The van der Waals surface area contributed by atoms with Gasteiger partial charge in [0.15, 0.2) is 29.7 Å². The molecule has 1 aliphatic heterocycles. The molecule has 2 aromatic heterocycles. The number of carbonyl (C=O) groups is 5. The maximum Gasteiger partial charge on any atom is 0.303 e. The van der Waals surface area contributed by atoms with Crippen LogP contribution in [0.1, 0.15) is 42.9 Å². The molecule has 1 aliphatic rings. The molecule has 0 unspecified atom stereocenters. The second-order valence-electron chi connectivity index (χ2n) is 7.86. The van der Waals surface area contributed by atoms with Gasteiger partial charge in [-0.2, -0.15) is 0 Å². The monoisotopic (exact) mass is 535 g/mol. The Bertz CT molecular complexity index is 1150. The average Bonchev–Trinajstić information content (AvgIpc) is 3.29. The summed E-state index contributed by atoms with van der Waals surface area (Å²) in [5.74, 6) is -3.11. The van der Waals surface area contributed by atoms with E-state index in [1.165, 1.54) is 25.5 Å². The number of hydrogen-bond donors (Lipinski definition) is 1. The van der Waals surface area contributed by atoms with E-state index in [1.807, 2.05) is 0 Å². The Morgan fingerprint density at radius 3 is 2.08 bits per heavy atom. The minimum absolute atomic E-state index is 0.221. The highest BCUT2D eigenvalue weighted by atomic mass is 32.1. The minimum Gasteiger partial charge on any atom is -0.463 e. The van der Waals surface area contributed by atoms with E-state index in [0.29, 0.717) is 10.4 Å². The molecule has 1 N–H and O–H groups in total. The van der Waals surface area contributed by atoms with Gasteiger partial charge in [-0.3, -0.25) is 29.0 Å². The zero-order valence-corrected chi connectivity index (χ0v) is 21.2. The van der Waals surface area contributed by atoms with Crippen molar-refractivity contribution in [2.45, 2.75) is 58.3 Å². The normalized spacial score (nSPS) is 22.9. The van der Waals surface area contributed by atoms with Crippen LogP contribution in [0, 0.1) is 0 Å². The Morgan fingerprint density at radius 1 is 0.892 bits per heavy atom. The average molecular weight is 536 g/mol. The zero-order chi connectivity index (χ0) is 27.1. The van der Waals surface area contributed by atoms with Crippen molar-refractivity contribution in [1.29, 1.82) is 0 Å². The van der Waals surface area contributed by atoms with Crippen molar-refractivity contribution < 1.29 is 47.7 Å². The molecule has 3 heterocycles. The number of rotatable bonds is 9. The number of anilines is 1. The first-order valence-electron chi connectivity index (χ1n) is 11.0. The SMILES string of the molecule is CC(=O)OC[C@H]1O[C@H](Nc2ncc(C(=O)c3ccncc3)s2)[C@@H](OC(C)=O)[C@@H](OC(C)=O)[C@@H]1OC(C)=O. The van der Waals surface area contributed by atoms with Crippen molar-refractivity contribution >= 4 is 46.1 Å². The number of ketones is 1. The third-order valence-electron chi connectivity index (χ3n) is 4.93. The second kappa shape index (κ2) is 12.4. The van der Waals surface area contributed by atoms with Gasteiger partial charge in [0.25, 0.3) is 0 Å². The molecule has 1 fully saturated rings. The highest BCUT2D eigenvalue weighted by Crippen LogP contribution is 2.31. The summed E-state index contributed by atoms with van der Waals surface area (Å²) in [5, 5.41) is 3.15. The van der Waals surface area contributed by atoms with Crippen LogP contribution in [-0.2, 0) is 42.9 Å². The fourth-order valence-electron chi connectivity index (χ4n) is 3.56. The van der Waals surface area contributed by atoms with Gasteiger partial charge in [-0.05, 0) is 12.1 Å². The van der Waals surface area contributed by atoms with Crippen molar-refractivity contribution in [1.82, 2.24) is 9.97 Å². The molecular weight excluding hydrogens is 510 g/mol. The number of pyridine rings is 1. The molecule has 0 radical (unpaired) electrons. The van der Waals surface area contributed by atoms with Gasteiger partial charge in [0, 0.05) is 45.7 Å². The number of hydrogen-bond acceptors (Lipinski definition) is 14. The Labute approximate surface area is 215 Å². The summed E-state index contributed by atoms with van der Waals surface area (Å²) in [6, 6.07) is 3.13. The zero-order valence-electron chi connectivity index (χ0n) is 20.4. The van der Waals surface area contributed by atoms with E-state index in [-0.39, 0.29) is 17.5 Å². The van der Waals surface area contributed by atoms with Crippen LogP contribution in [-0.4, -0.2) is 76.9 Å². The van der Waals surface area contributed by atoms with E-state index in [2.05, 4.69) is 15.3 Å². The van der Waals surface area contributed by atoms with Crippen molar-refractivity contribution in [3.8, 4) is 0 Å². The topological polar surface area (TPSA) is 169 Å². The summed E-state index contributed by atoms with van der Waals surface area (Å²) in [6.07, 6.45) is -1.87. The number of aromatic nitrogens is 2. The van der Waals surface area contributed by atoms with E-state index < -0.39 is 54.5 Å². The van der Waals surface area contributed by atoms with Gasteiger partial charge < -0.3 is 29.0 Å². The molecule has 2 aromatic rings. The fraction of sp³-hybridized carbons (Fsp3) is 0.435. The molecule has 0 aromatic carbocycles. The Hall–Kier alpha value is -3.91. The number of esters is 4. The van der Waals surface area contributed by atoms with Crippen LogP contribution in [0.5, 0.6) is 0 Å².